The van der Waals surface area contributed by atoms with E-state index in [-0.39, 0.29) is 12.5 Å². The summed E-state index contributed by atoms with van der Waals surface area (Å²) >= 11 is 1.97. The fourth-order valence-electron chi connectivity index (χ4n) is 1.36. The summed E-state index contributed by atoms with van der Waals surface area (Å²) in [6.07, 6.45) is 2.20. The molecule has 1 N–H and O–H groups in total. The van der Waals surface area contributed by atoms with Crippen molar-refractivity contribution in [2.75, 3.05) is 31.3 Å². The molecular weight excluding hydrogens is 198 g/mol. The zero-order valence-electron chi connectivity index (χ0n) is 8.75. The Morgan fingerprint density at radius 2 is 2.50 bits per heavy atom. The van der Waals surface area contributed by atoms with Gasteiger partial charge in [0.2, 0.25) is 5.91 Å². The number of hydrogen-bond acceptors (Lipinski definition) is 3. The maximum atomic E-state index is 11.2. The molecule has 3 nitrogen and oxygen atoms in total. The van der Waals surface area contributed by atoms with Gasteiger partial charge in [-0.15, -0.1) is 0 Å². The van der Waals surface area contributed by atoms with Gasteiger partial charge in [-0.25, -0.2) is 0 Å². The molecule has 1 fully saturated rings. The Hall–Kier alpha value is -0.220. The van der Waals surface area contributed by atoms with Gasteiger partial charge in [0.05, 0.1) is 0 Å². The number of carbonyl (C=O) groups is 1. The monoisotopic (exact) mass is 217 g/mol. The Morgan fingerprint density at radius 3 is 3.14 bits per heavy atom. The van der Waals surface area contributed by atoms with E-state index in [2.05, 4.69) is 5.32 Å². The van der Waals surface area contributed by atoms with E-state index in [0.717, 1.165) is 13.0 Å². The van der Waals surface area contributed by atoms with Crippen molar-refractivity contribution in [1.29, 1.82) is 0 Å². The molecule has 0 aromatic carbocycles. The highest BCUT2D eigenvalue weighted by molar-refractivity contribution is 7.99. The number of carbonyl (C=O) groups excluding carboxylic acids is 1. The van der Waals surface area contributed by atoms with E-state index in [9.17, 15) is 4.79 Å². The fraction of sp³-hybridized carbons (Fsp3) is 0.900. The van der Waals surface area contributed by atoms with Gasteiger partial charge >= 0.3 is 0 Å². The molecule has 1 saturated heterocycles. The number of nitrogens with one attached hydrogen (secondary N) is 1. The summed E-state index contributed by atoms with van der Waals surface area (Å²) in [6, 6.07) is 0. The van der Waals surface area contributed by atoms with Crippen LogP contribution in [0.4, 0.5) is 0 Å². The average molecular weight is 217 g/mol. The molecule has 0 saturated carbocycles. The first-order chi connectivity index (χ1) is 6.83. The van der Waals surface area contributed by atoms with E-state index >= 15 is 0 Å². The zero-order chi connectivity index (χ0) is 10.2. The standard InChI is InChI=1S/C10H19NO2S/c1-2-4-13-7-10(12)11-6-9-3-5-14-8-9/h9H,2-8H2,1H3,(H,11,12). The molecule has 0 radical (unpaired) electrons. The van der Waals surface area contributed by atoms with E-state index in [1.54, 1.807) is 0 Å². The van der Waals surface area contributed by atoms with Crippen molar-refractivity contribution in [2.24, 2.45) is 5.92 Å². The topological polar surface area (TPSA) is 38.3 Å². The fourth-order valence-corrected chi connectivity index (χ4v) is 2.65. The summed E-state index contributed by atoms with van der Waals surface area (Å²) in [7, 11) is 0. The molecule has 0 spiro atoms. The minimum absolute atomic E-state index is 0.0235. The van der Waals surface area contributed by atoms with Crippen LogP contribution in [-0.4, -0.2) is 37.2 Å². The molecule has 0 aromatic rings. The molecule has 1 heterocycles. The van der Waals surface area contributed by atoms with E-state index in [1.165, 1.54) is 17.9 Å². The van der Waals surface area contributed by atoms with Crippen LogP contribution in [0.25, 0.3) is 0 Å². The van der Waals surface area contributed by atoms with Gasteiger partial charge in [0.25, 0.3) is 0 Å². The molecule has 1 aliphatic heterocycles. The average Bonchev–Trinajstić information content (AvgIpc) is 2.68. The van der Waals surface area contributed by atoms with Crippen LogP contribution in [0, 0.1) is 5.92 Å². The molecule has 0 aliphatic carbocycles. The number of amides is 1. The summed E-state index contributed by atoms with van der Waals surface area (Å²) in [5, 5.41) is 2.91. The predicted molar refractivity (Wildman–Crippen MR) is 59.6 cm³/mol. The van der Waals surface area contributed by atoms with Gasteiger partial charge in [0.1, 0.15) is 6.61 Å². The summed E-state index contributed by atoms with van der Waals surface area (Å²) in [6.45, 7) is 3.75. The maximum Gasteiger partial charge on any atom is 0.246 e. The highest BCUT2D eigenvalue weighted by Crippen LogP contribution is 2.22. The van der Waals surface area contributed by atoms with Crippen LogP contribution in [-0.2, 0) is 9.53 Å². The second-order valence-electron chi connectivity index (χ2n) is 3.59. The lowest BCUT2D eigenvalue weighted by atomic mass is 10.1. The van der Waals surface area contributed by atoms with Crippen LogP contribution >= 0.6 is 11.8 Å². The van der Waals surface area contributed by atoms with E-state index in [4.69, 9.17) is 4.74 Å². The second-order valence-corrected chi connectivity index (χ2v) is 4.74. The molecule has 1 atom stereocenters. The van der Waals surface area contributed by atoms with E-state index in [1.807, 2.05) is 18.7 Å². The number of thioether (sulfide) groups is 1. The molecule has 14 heavy (non-hydrogen) atoms. The Kier molecular flexibility index (Phi) is 6.03. The van der Waals surface area contributed by atoms with Gasteiger partial charge in [-0.1, -0.05) is 6.92 Å². The van der Waals surface area contributed by atoms with Crippen molar-refractivity contribution in [2.45, 2.75) is 19.8 Å². The SMILES string of the molecule is CCCOCC(=O)NCC1CCSC1. The Labute approximate surface area is 90.0 Å². The Balaban J connectivity index is 1.96. The van der Waals surface area contributed by atoms with Crippen LogP contribution in [0.1, 0.15) is 19.8 Å². The van der Waals surface area contributed by atoms with Crippen LogP contribution in [0.15, 0.2) is 0 Å². The van der Waals surface area contributed by atoms with Crippen LogP contribution in [0.5, 0.6) is 0 Å². The van der Waals surface area contributed by atoms with E-state index < -0.39 is 0 Å². The second kappa shape index (κ2) is 7.12. The number of hydrogen-bond donors (Lipinski definition) is 1. The zero-order valence-corrected chi connectivity index (χ0v) is 9.57. The van der Waals surface area contributed by atoms with Crippen LogP contribution in [0.3, 0.4) is 0 Å². The number of ether oxygens (including phenoxy) is 1. The first-order valence-corrected chi connectivity index (χ1v) is 6.40. The first kappa shape index (κ1) is 11.9. The third-order valence-electron chi connectivity index (χ3n) is 2.19. The summed E-state index contributed by atoms with van der Waals surface area (Å²) in [5.74, 6) is 3.13. The summed E-state index contributed by atoms with van der Waals surface area (Å²) in [4.78, 5) is 11.2. The first-order valence-electron chi connectivity index (χ1n) is 5.25. The largest absolute Gasteiger partial charge is 0.372 e. The van der Waals surface area contributed by atoms with Crippen LogP contribution < -0.4 is 5.32 Å². The van der Waals surface area contributed by atoms with Crippen molar-refractivity contribution in [3.63, 3.8) is 0 Å². The summed E-state index contributed by atoms with van der Waals surface area (Å²) < 4.78 is 5.14. The van der Waals surface area contributed by atoms with Crippen molar-refractivity contribution < 1.29 is 9.53 Å². The van der Waals surface area contributed by atoms with Crippen molar-refractivity contribution in [3.8, 4) is 0 Å². The Morgan fingerprint density at radius 1 is 1.64 bits per heavy atom. The van der Waals surface area contributed by atoms with Gasteiger partial charge in [-0.2, -0.15) is 11.8 Å². The van der Waals surface area contributed by atoms with Crippen molar-refractivity contribution in [1.82, 2.24) is 5.32 Å². The lowest BCUT2D eigenvalue weighted by Crippen LogP contribution is -2.32. The molecule has 0 bridgehead atoms. The molecule has 0 aromatic heterocycles. The van der Waals surface area contributed by atoms with Crippen LogP contribution in [0.2, 0.25) is 0 Å². The van der Waals surface area contributed by atoms with Gasteiger partial charge in [-0.05, 0) is 30.3 Å². The smallest absolute Gasteiger partial charge is 0.246 e. The molecular formula is C10H19NO2S. The van der Waals surface area contributed by atoms with Gasteiger partial charge in [0, 0.05) is 13.2 Å². The number of rotatable bonds is 6. The van der Waals surface area contributed by atoms with Crippen molar-refractivity contribution in [3.05, 3.63) is 0 Å². The molecule has 1 amide bonds. The minimum atomic E-state index is 0.0235. The normalized spacial score (nSPS) is 21.1. The molecule has 1 rings (SSSR count). The highest BCUT2D eigenvalue weighted by atomic mass is 32.2. The van der Waals surface area contributed by atoms with E-state index in [0.29, 0.717) is 12.5 Å². The molecule has 1 unspecified atom stereocenters. The third-order valence-corrected chi connectivity index (χ3v) is 3.42. The lowest BCUT2D eigenvalue weighted by molar-refractivity contribution is -0.125. The van der Waals surface area contributed by atoms with Gasteiger partial charge in [0.15, 0.2) is 0 Å². The maximum absolute atomic E-state index is 11.2. The molecule has 1 aliphatic rings. The van der Waals surface area contributed by atoms with Gasteiger partial charge < -0.3 is 10.1 Å². The quantitative estimate of drug-likeness (QED) is 0.681. The van der Waals surface area contributed by atoms with Gasteiger partial charge in [-0.3, -0.25) is 4.79 Å². The van der Waals surface area contributed by atoms with Crippen molar-refractivity contribution >= 4 is 17.7 Å². The molecule has 82 valence electrons. The molecule has 4 heteroatoms. The Bertz CT molecular complexity index is 170. The highest BCUT2D eigenvalue weighted by Gasteiger charge is 2.15. The summed E-state index contributed by atoms with van der Waals surface area (Å²) in [5.41, 5.74) is 0. The third kappa shape index (κ3) is 4.86. The minimum Gasteiger partial charge on any atom is -0.372 e. The lowest BCUT2D eigenvalue weighted by Gasteiger charge is -2.09. The predicted octanol–water partition coefficient (Wildman–Crippen LogP) is 1.28.